The van der Waals surface area contributed by atoms with Gasteiger partial charge in [-0.2, -0.15) is 0 Å². The number of rotatable bonds is 6. The molecule has 0 aliphatic rings. The van der Waals surface area contributed by atoms with Crippen LogP contribution in [0.3, 0.4) is 0 Å². The first-order chi connectivity index (χ1) is 12.1. The van der Waals surface area contributed by atoms with E-state index in [1.165, 1.54) is 0 Å². The van der Waals surface area contributed by atoms with Crippen molar-refractivity contribution in [2.75, 3.05) is 18.1 Å². The number of halogens is 3. The third-order valence-electron chi connectivity index (χ3n) is 3.73. The van der Waals surface area contributed by atoms with E-state index in [0.29, 0.717) is 28.3 Å². The number of nitrogens with zero attached hydrogens (tertiary/aromatic N) is 3. The molecule has 0 bridgehead atoms. The predicted molar refractivity (Wildman–Crippen MR) is 94.1 cm³/mol. The second kappa shape index (κ2) is 7.72. The Morgan fingerprint density at radius 1 is 1.08 bits per heavy atom. The van der Waals surface area contributed by atoms with Gasteiger partial charge < -0.3 is 10.0 Å². The molecule has 0 radical (unpaired) electrons. The van der Waals surface area contributed by atoms with Gasteiger partial charge in [-0.05, 0) is 29.8 Å². The highest BCUT2D eigenvalue weighted by Gasteiger charge is 2.19. The highest BCUT2D eigenvalue weighted by atomic mass is 35.5. The van der Waals surface area contributed by atoms with Crippen LogP contribution in [0.15, 0.2) is 48.5 Å². The first-order valence-electron chi connectivity index (χ1n) is 7.73. The third kappa shape index (κ3) is 4.03. The molecule has 0 aliphatic carbocycles. The second-order valence-corrected chi connectivity index (χ2v) is 5.93. The molecule has 25 heavy (non-hydrogen) atoms. The van der Waals surface area contributed by atoms with Gasteiger partial charge in [0.2, 0.25) is 0 Å². The molecule has 0 aliphatic heterocycles. The van der Waals surface area contributed by atoms with Crippen molar-refractivity contribution in [3.8, 4) is 0 Å². The van der Waals surface area contributed by atoms with Crippen molar-refractivity contribution >= 4 is 28.3 Å². The Morgan fingerprint density at radius 2 is 1.88 bits per heavy atom. The molecule has 2 aromatic carbocycles. The summed E-state index contributed by atoms with van der Waals surface area (Å²) in [5.41, 5.74) is 1.33. The molecule has 0 fully saturated rings. The minimum Gasteiger partial charge on any atom is -0.395 e. The van der Waals surface area contributed by atoms with Gasteiger partial charge in [0, 0.05) is 23.5 Å². The van der Waals surface area contributed by atoms with E-state index in [4.69, 9.17) is 11.6 Å². The number of aromatic nitrogens is 2. The predicted octanol–water partition coefficient (Wildman–Crippen LogP) is 4.22. The Balaban J connectivity index is 2.08. The number of hydrogen-bond acceptors (Lipinski definition) is 4. The molecule has 4 nitrogen and oxygen atoms in total. The monoisotopic (exact) mass is 363 g/mol. The van der Waals surface area contributed by atoms with E-state index in [1.54, 1.807) is 41.3 Å². The molecule has 3 rings (SSSR count). The molecule has 0 atom stereocenters. The van der Waals surface area contributed by atoms with Crippen molar-refractivity contribution in [2.24, 2.45) is 0 Å². The summed E-state index contributed by atoms with van der Waals surface area (Å²) in [6, 6.07) is 14.2. The molecule has 130 valence electrons. The molecule has 0 saturated heterocycles. The van der Waals surface area contributed by atoms with Crippen LogP contribution in [0.2, 0.25) is 5.02 Å². The maximum Gasteiger partial charge on any atom is 0.297 e. The highest BCUT2D eigenvalue weighted by molar-refractivity contribution is 6.30. The molecule has 1 N–H and O–H groups in total. The molecule has 0 spiro atoms. The molecule has 0 saturated carbocycles. The quantitative estimate of drug-likeness (QED) is 0.712. The van der Waals surface area contributed by atoms with E-state index in [2.05, 4.69) is 9.97 Å². The van der Waals surface area contributed by atoms with Crippen LogP contribution < -0.4 is 4.90 Å². The van der Waals surface area contributed by atoms with Crippen molar-refractivity contribution < 1.29 is 13.9 Å². The maximum absolute atomic E-state index is 13.2. The fourth-order valence-electron chi connectivity index (χ4n) is 2.65. The molecule has 0 amide bonds. The van der Waals surface area contributed by atoms with Crippen LogP contribution in [-0.2, 0) is 6.54 Å². The average molecular weight is 364 g/mol. The number of anilines is 1. The van der Waals surface area contributed by atoms with Gasteiger partial charge in [-0.15, -0.1) is 0 Å². The summed E-state index contributed by atoms with van der Waals surface area (Å²) < 4.78 is 26.4. The molecule has 3 aromatic rings. The van der Waals surface area contributed by atoms with Crippen LogP contribution in [0.5, 0.6) is 0 Å². The van der Waals surface area contributed by atoms with Gasteiger partial charge in [0.05, 0.1) is 12.1 Å². The SMILES string of the molecule is OCCN(Cc1cccc(Cl)c1)c1nc(C(F)F)nc2ccccc12. The van der Waals surface area contributed by atoms with E-state index >= 15 is 0 Å². The Kier molecular flexibility index (Phi) is 5.40. The van der Waals surface area contributed by atoms with Gasteiger partial charge in [0.1, 0.15) is 5.82 Å². The van der Waals surface area contributed by atoms with Gasteiger partial charge in [-0.3, -0.25) is 0 Å². The molecular formula is C18H16ClF2N3O. The zero-order valence-corrected chi connectivity index (χ0v) is 14.0. The van der Waals surface area contributed by atoms with E-state index in [-0.39, 0.29) is 13.2 Å². The Hall–Kier alpha value is -2.31. The minimum absolute atomic E-state index is 0.136. The average Bonchev–Trinajstić information content (AvgIpc) is 2.60. The zero-order chi connectivity index (χ0) is 17.8. The second-order valence-electron chi connectivity index (χ2n) is 5.50. The normalized spacial score (nSPS) is 11.2. The highest BCUT2D eigenvalue weighted by Crippen LogP contribution is 2.28. The summed E-state index contributed by atoms with van der Waals surface area (Å²) in [6.45, 7) is 0.490. The van der Waals surface area contributed by atoms with Crippen LogP contribution in [0, 0.1) is 0 Å². The lowest BCUT2D eigenvalue weighted by atomic mass is 10.2. The van der Waals surface area contributed by atoms with E-state index in [9.17, 15) is 13.9 Å². The minimum atomic E-state index is -2.77. The van der Waals surface area contributed by atoms with Crippen LogP contribution in [0.4, 0.5) is 14.6 Å². The lowest BCUT2D eigenvalue weighted by Crippen LogP contribution is -2.27. The van der Waals surface area contributed by atoms with E-state index < -0.39 is 12.2 Å². The summed E-state index contributed by atoms with van der Waals surface area (Å²) in [6.07, 6.45) is -2.77. The molecule has 7 heteroatoms. The van der Waals surface area contributed by atoms with Crippen molar-refractivity contribution in [1.29, 1.82) is 0 Å². The number of benzene rings is 2. The fraction of sp³-hybridized carbons (Fsp3) is 0.222. The van der Waals surface area contributed by atoms with Crippen molar-refractivity contribution in [2.45, 2.75) is 13.0 Å². The Bertz CT molecular complexity index is 876. The van der Waals surface area contributed by atoms with Gasteiger partial charge in [-0.1, -0.05) is 35.9 Å². The van der Waals surface area contributed by atoms with Crippen molar-refractivity contribution in [3.63, 3.8) is 0 Å². The van der Waals surface area contributed by atoms with Gasteiger partial charge in [0.15, 0.2) is 5.82 Å². The number of fused-ring (bicyclic) bond motifs is 1. The largest absolute Gasteiger partial charge is 0.395 e. The van der Waals surface area contributed by atoms with E-state index in [1.807, 2.05) is 12.1 Å². The van der Waals surface area contributed by atoms with Crippen LogP contribution in [0.1, 0.15) is 17.8 Å². The summed E-state index contributed by atoms with van der Waals surface area (Å²) >= 11 is 6.02. The topological polar surface area (TPSA) is 49.2 Å². The molecule has 1 heterocycles. The van der Waals surface area contributed by atoms with Gasteiger partial charge >= 0.3 is 0 Å². The summed E-state index contributed by atoms with van der Waals surface area (Å²) in [5.74, 6) is -0.155. The number of aliphatic hydroxyl groups is 1. The summed E-state index contributed by atoms with van der Waals surface area (Å²) in [5, 5.41) is 10.7. The number of aliphatic hydroxyl groups excluding tert-OH is 1. The standard InChI is InChI=1S/C18H16ClF2N3O/c19-13-5-3-4-12(10-13)11-24(8-9-25)18-14-6-1-2-7-15(14)22-17(23-18)16(20)21/h1-7,10,16,25H,8-9,11H2. The first-order valence-corrected chi connectivity index (χ1v) is 8.11. The maximum atomic E-state index is 13.2. The van der Waals surface area contributed by atoms with E-state index in [0.717, 1.165) is 5.56 Å². The fourth-order valence-corrected chi connectivity index (χ4v) is 2.87. The first kappa shape index (κ1) is 17.5. The zero-order valence-electron chi connectivity index (χ0n) is 13.2. The lowest BCUT2D eigenvalue weighted by molar-refractivity contribution is 0.141. The number of para-hydroxylation sites is 1. The summed E-state index contributed by atoms with van der Waals surface area (Å²) in [7, 11) is 0. The third-order valence-corrected chi connectivity index (χ3v) is 3.96. The summed E-state index contributed by atoms with van der Waals surface area (Å²) in [4.78, 5) is 9.74. The molecular weight excluding hydrogens is 348 g/mol. The molecule has 0 unspecified atom stereocenters. The molecule has 1 aromatic heterocycles. The number of hydrogen-bond donors (Lipinski definition) is 1. The van der Waals surface area contributed by atoms with Crippen molar-refractivity contribution in [3.05, 3.63) is 64.9 Å². The number of alkyl halides is 2. The van der Waals surface area contributed by atoms with Crippen LogP contribution in [-0.4, -0.2) is 28.2 Å². The van der Waals surface area contributed by atoms with Gasteiger partial charge in [-0.25, -0.2) is 18.7 Å². The van der Waals surface area contributed by atoms with Crippen molar-refractivity contribution in [1.82, 2.24) is 9.97 Å². The van der Waals surface area contributed by atoms with Crippen LogP contribution >= 0.6 is 11.6 Å². The smallest absolute Gasteiger partial charge is 0.297 e. The lowest BCUT2D eigenvalue weighted by Gasteiger charge is -2.25. The van der Waals surface area contributed by atoms with Gasteiger partial charge in [0.25, 0.3) is 6.43 Å². The Morgan fingerprint density at radius 3 is 2.60 bits per heavy atom. The van der Waals surface area contributed by atoms with Crippen LogP contribution in [0.25, 0.3) is 10.9 Å². The Labute approximate surface area is 148 Å².